The summed E-state index contributed by atoms with van der Waals surface area (Å²) in [5.41, 5.74) is 0.506. The van der Waals surface area contributed by atoms with Crippen LogP contribution in [0.3, 0.4) is 0 Å². The van der Waals surface area contributed by atoms with Gasteiger partial charge in [0.2, 0.25) is 0 Å². The highest BCUT2D eigenvalue weighted by atomic mass is 28.4. The molecular formula is C21H36O3Si. The lowest BCUT2D eigenvalue weighted by Gasteiger charge is -2.59. The van der Waals surface area contributed by atoms with Crippen LogP contribution in [0.15, 0.2) is 11.6 Å². The van der Waals surface area contributed by atoms with Crippen molar-refractivity contribution in [1.82, 2.24) is 0 Å². The molecule has 0 aliphatic heterocycles. The maximum Gasteiger partial charge on any atom is 0.192 e. The van der Waals surface area contributed by atoms with Crippen molar-refractivity contribution in [1.29, 1.82) is 0 Å². The normalized spacial score (nSPS) is 35.5. The Balaban J connectivity index is 2.36. The van der Waals surface area contributed by atoms with Crippen LogP contribution in [0, 0.1) is 22.7 Å². The molecule has 2 aliphatic carbocycles. The lowest BCUT2D eigenvalue weighted by molar-refractivity contribution is -0.132. The Hall–Kier alpha value is -0.743. The smallest absolute Gasteiger partial charge is 0.192 e. The molecule has 0 radical (unpaired) electrons. The van der Waals surface area contributed by atoms with Gasteiger partial charge in [-0.2, -0.15) is 0 Å². The Labute approximate surface area is 154 Å². The predicted octanol–water partition coefficient (Wildman–Crippen LogP) is 5.16. The molecule has 0 aromatic rings. The summed E-state index contributed by atoms with van der Waals surface area (Å²) >= 11 is 0. The fourth-order valence-corrected chi connectivity index (χ4v) is 6.35. The van der Waals surface area contributed by atoms with Crippen molar-refractivity contribution < 1.29 is 14.0 Å². The minimum Gasteiger partial charge on any atom is -0.413 e. The molecule has 4 atom stereocenters. The average Bonchev–Trinajstić information content (AvgIpc) is 2.48. The Morgan fingerprint density at radius 3 is 2.28 bits per heavy atom. The summed E-state index contributed by atoms with van der Waals surface area (Å²) in [6, 6.07) is 0. The van der Waals surface area contributed by atoms with Crippen molar-refractivity contribution in [2.24, 2.45) is 22.7 Å². The highest BCUT2D eigenvalue weighted by Crippen LogP contribution is 2.60. The third kappa shape index (κ3) is 3.32. The topological polar surface area (TPSA) is 43.4 Å². The second kappa shape index (κ2) is 6.45. The molecular weight excluding hydrogens is 328 g/mol. The number of fused-ring (bicyclic) bond motifs is 1. The van der Waals surface area contributed by atoms with E-state index in [0.717, 1.165) is 31.8 Å². The van der Waals surface area contributed by atoms with Gasteiger partial charge in [0.05, 0.1) is 6.10 Å². The summed E-state index contributed by atoms with van der Waals surface area (Å²) in [7, 11) is -1.85. The largest absolute Gasteiger partial charge is 0.413 e. The molecule has 4 heteroatoms. The Morgan fingerprint density at radius 2 is 1.80 bits per heavy atom. The van der Waals surface area contributed by atoms with Crippen molar-refractivity contribution >= 4 is 20.9 Å². The molecule has 0 spiro atoms. The molecule has 0 aromatic carbocycles. The summed E-state index contributed by atoms with van der Waals surface area (Å²) in [6.45, 7) is 18.3. The van der Waals surface area contributed by atoms with Gasteiger partial charge < -0.3 is 9.22 Å². The second-order valence-electron chi connectivity index (χ2n) is 10.5. The number of carbonyl (C=O) groups is 2. The first-order chi connectivity index (χ1) is 11.3. The molecule has 1 saturated carbocycles. The molecule has 25 heavy (non-hydrogen) atoms. The van der Waals surface area contributed by atoms with Crippen LogP contribution in [0.5, 0.6) is 0 Å². The molecule has 0 amide bonds. The van der Waals surface area contributed by atoms with Crippen molar-refractivity contribution in [3.8, 4) is 0 Å². The van der Waals surface area contributed by atoms with E-state index in [0.29, 0.717) is 11.5 Å². The SMILES string of the molecule is CC1(C)[C@@H](O[Si](C)(C)C(C)(C)C)CC[C@]2(C)[C@@H](C=O)C(C=O)=CC[C@@H]12. The summed E-state index contributed by atoms with van der Waals surface area (Å²) in [4.78, 5) is 23.2. The van der Waals surface area contributed by atoms with Crippen LogP contribution in [-0.2, 0) is 14.0 Å². The van der Waals surface area contributed by atoms with Gasteiger partial charge in [-0.3, -0.25) is 4.79 Å². The molecule has 2 aliphatic rings. The average molecular weight is 365 g/mol. The Bertz CT molecular complexity index is 570. The van der Waals surface area contributed by atoms with Crippen molar-refractivity contribution in [2.75, 3.05) is 0 Å². The van der Waals surface area contributed by atoms with E-state index in [1.807, 2.05) is 6.08 Å². The highest BCUT2D eigenvalue weighted by molar-refractivity contribution is 6.74. The lowest BCUT2D eigenvalue weighted by atomic mass is 9.48. The Kier molecular flexibility index (Phi) is 5.31. The summed E-state index contributed by atoms with van der Waals surface area (Å²) in [5, 5.41) is 0.187. The summed E-state index contributed by atoms with van der Waals surface area (Å²) in [6.07, 6.45) is 6.85. The van der Waals surface area contributed by atoms with Gasteiger partial charge in [0.1, 0.15) is 12.6 Å². The fourth-order valence-electron chi connectivity index (χ4n) is 4.87. The zero-order valence-electron chi connectivity index (χ0n) is 17.3. The molecule has 0 saturated heterocycles. The van der Waals surface area contributed by atoms with E-state index >= 15 is 0 Å². The standard InChI is InChI=1S/C21H36O3Si/c1-19(2,3)25(7,8)24-18-11-12-21(6)16(14-23)15(13-22)9-10-17(21)20(18,4)5/h9,13-14,16-18H,10-12H2,1-8H3/t16-,17-,18-,21+/m0/s1. The molecule has 2 rings (SSSR count). The van der Waals surface area contributed by atoms with Crippen LogP contribution in [0.4, 0.5) is 0 Å². The van der Waals surface area contributed by atoms with Gasteiger partial charge in [0.15, 0.2) is 8.32 Å². The van der Waals surface area contributed by atoms with Crippen LogP contribution in [-0.4, -0.2) is 27.0 Å². The van der Waals surface area contributed by atoms with E-state index in [4.69, 9.17) is 4.43 Å². The van der Waals surface area contributed by atoms with Gasteiger partial charge in [0, 0.05) is 5.92 Å². The second-order valence-corrected chi connectivity index (χ2v) is 15.2. The molecule has 0 bridgehead atoms. The maximum atomic E-state index is 11.8. The zero-order chi connectivity index (χ0) is 19.3. The summed E-state index contributed by atoms with van der Waals surface area (Å²) < 4.78 is 6.83. The Morgan fingerprint density at radius 1 is 1.20 bits per heavy atom. The number of aldehydes is 2. The minimum absolute atomic E-state index is 0.0192. The van der Waals surface area contributed by atoms with Gasteiger partial charge in [-0.1, -0.05) is 47.6 Å². The third-order valence-electron chi connectivity index (χ3n) is 7.64. The lowest BCUT2D eigenvalue weighted by Crippen LogP contribution is -2.58. The molecule has 142 valence electrons. The number of carbonyl (C=O) groups excluding carboxylic acids is 2. The third-order valence-corrected chi connectivity index (χ3v) is 12.1. The molecule has 0 aromatic heterocycles. The van der Waals surface area contributed by atoms with E-state index in [9.17, 15) is 9.59 Å². The summed E-state index contributed by atoms with van der Waals surface area (Å²) in [5.74, 6) is 0.0688. The fraction of sp³-hybridized carbons (Fsp3) is 0.810. The number of allylic oxidation sites excluding steroid dienone is 2. The number of hydrogen-bond acceptors (Lipinski definition) is 3. The van der Waals surface area contributed by atoms with E-state index in [2.05, 4.69) is 54.6 Å². The molecule has 0 unspecified atom stereocenters. The van der Waals surface area contributed by atoms with Crippen LogP contribution >= 0.6 is 0 Å². The minimum atomic E-state index is -1.85. The van der Waals surface area contributed by atoms with Gasteiger partial charge in [-0.25, -0.2) is 0 Å². The zero-order valence-corrected chi connectivity index (χ0v) is 18.3. The van der Waals surface area contributed by atoms with Gasteiger partial charge >= 0.3 is 0 Å². The molecule has 0 N–H and O–H groups in total. The van der Waals surface area contributed by atoms with Crippen LogP contribution in [0.1, 0.15) is 60.8 Å². The predicted molar refractivity (Wildman–Crippen MR) is 105 cm³/mol. The van der Waals surface area contributed by atoms with Gasteiger partial charge in [-0.05, 0) is 59.7 Å². The quantitative estimate of drug-likeness (QED) is 0.511. The van der Waals surface area contributed by atoms with E-state index < -0.39 is 8.32 Å². The van der Waals surface area contributed by atoms with Crippen LogP contribution in [0.25, 0.3) is 0 Å². The molecule has 1 fully saturated rings. The molecule has 0 heterocycles. The van der Waals surface area contributed by atoms with Crippen molar-refractivity contribution in [2.45, 2.75) is 85.0 Å². The first-order valence-corrected chi connectivity index (χ1v) is 12.5. The first-order valence-electron chi connectivity index (χ1n) is 9.59. The maximum absolute atomic E-state index is 11.8. The molecule has 3 nitrogen and oxygen atoms in total. The van der Waals surface area contributed by atoms with Crippen molar-refractivity contribution in [3.05, 3.63) is 11.6 Å². The number of hydrogen-bond donors (Lipinski definition) is 0. The monoisotopic (exact) mass is 364 g/mol. The van der Waals surface area contributed by atoms with Gasteiger partial charge in [0.25, 0.3) is 0 Å². The van der Waals surface area contributed by atoms with Crippen LogP contribution in [0.2, 0.25) is 18.1 Å². The van der Waals surface area contributed by atoms with Crippen molar-refractivity contribution in [3.63, 3.8) is 0 Å². The highest BCUT2D eigenvalue weighted by Gasteiger charge is 2.57. The van der Waals surface area contributed by atoms with E-state index in [1.54, 1.807) is 0 Å². The van der Waals surface area contributed by atoms with E-state index in [1.165, 1.54) is 0 Å². The van der Waals surface area contributed by atoms with Crippen LogP contribution < -0.4 is 0 Å². The number of rotatable bonds is 4. The first kappa shape index (κ1) is 20.6. The van der Waals surface area contributed by atoms with E-state index in [-0.39, 0.29) is 27.9 Å². The van der Waals surface area contributed by atoms with Gasteiger partial charge in [-0.15, -0.1) is 0 Å².